The SMILES string of the molecule is Cc1ccc(C)c(C(=O)[C@@H](C)Sc2n[nH]c(-c3ccccc3)n2)c1. The lowest BCUT2D eigenvalue weighted by molar-refractivity contribution is 0.0993. The Morgan fingerprint density at radius 1 is 1.12 bits per heavy atom. The van der Waals surface area contributed by atoms with Gasteiger partial charge in [-0.2, -0.15) is 0 Å². The molecule has 1 heterocycles. The summed E-state index contributed by atoms with van der Waals surface area (Å²) in [6.45, 7) is 5.85. The van der Waals surface area contributed by atoms with Crippen LogP contribution in [0.3, 0.4) is 0 Å². The van der Waals surface area contributed by atoms with Crippen LogP contribution in [0.2, 0.25) is 0 Å². The van der Waals surface area contributed by atoms with Crippen molar-refractivity contribution < 1.29 is 4.79 Å². The maximum Gasteiger partial charge on any atom is 0.209 e. The predicted molar refractivity (Wildman–Crippen MR) is 97.4 cm³/mol. The Labute approximate surface area is 145 Å². The highest BCUT2D eigenvalue weighted by molar-refractivity contribution is 8.00. The fourth-order valence-electron chi connectivity index (χ4n) is 2.46. The molecular weight excluding hydrogens is 318 g/mol. The average molecular weight is 337 g/mol. The third-order valence-electron chi connectivity index (χ3n) is 3.82. The first-order valence-corrected chi connectivity index (χ1v) is 8.68. The molecule has 0 saturated heterocycles. The number of aryl methyl sites for hydroxylation is 2. The van der Waals surface area contributed by atoms with E-state index >= 15 is 0 Å². The first-order chi connectivity index (χ1) is 11.5. The Bertz CT molecular complexity index is 858. The summed E-state index contributed by atoms with van der Waals surface area (Å²) >= 11 is 1.37. The maximum absolute atomic E-state index is 12.7. The van der Waals surface area contributed by atoms with E-state index in [1.807, 2.05) is 69.3 Å². The molecule has 24 heavy (non-hydrogen) atoms. The second-order valence-electron chi connectivity index (χ2n) is 5.78. The molecule has 4 nitrogen and oxygen atoms in total. The molecule has 1 N–H and O–H groups in total. The molecule has 0 saturated carbocycles. The number of benzene rings is 2. The number of hydrogen-bond acceptors (Lipinski definition) is 4. The standard InChI is InChI=1S/C19H19N3OS/c1-12-9-10-13(2)16(11-12)17(23)14(3)24-19-20-18(21-22-19)15-7-5-4-6-8-15/h4-11,14H,1-3H3,(H,20,21,22)/t14-/m1/s1. The van der Waals surface area contributed by atoms with E-state index < -0.39 is 0 Å². The molecule has 0 fully saturated rings. The van der Waals surface area contributed by atoms with E-state index in [4.69, 9.17) is 0 Å². The van der Waals surface area contributed by atoms with Gasteiger partial charge in [0.2, 0.25) is 5.16 Å². The number of carbonyl (C=O) groups is 1. The first-order valence-electron chi connectivity index (χ1n) is 7.80. The van der Waals surface area contributed by atoms with Crippen LogP contribution in [-0.2, 0) is 0 Å². The topological polar surface area (TPSA) is 58.6 Å². The van der Waals surface area contributed by atoms with Crippen molar-refractivity contribution in [3.63, 3.8) is 0 Å². The molecular formula is C19H19N3OS. The monoisotopic (exact) mass is 337 g/mol. The molecule has 0 aliphatic rings. The van der Waals surface area contributed by atoms with E-state index in [9.17, 15) is 4.79 Å². The van der Waals surface area contributed by atoms with Gasteiger partial charge in [-0.1, -0.05) is 59.8 Å². The average Bonchev–Trinajstić information content (AvgIpc) is 3.05. The molecule has 0 amide bonds. The van der Waals surface area contributed by atoms with Crippen LogP contribution < -0.4 is 0 Å². The zero-order valence-corrected chi connectivity index (χ0v) is 14.7. The number of aromatic nitrogens is 3. The molecule has 3 aromatic rings. The van der Waals surface area contributed by atoms with Gasteiger partial charge in [0.25, 0.3) is 0 Å². The lowest BCUT2D eigenvalue weighted by Gasteiger charge is -2.11. The van der Waals surface area contributed by atoms with Gasteiger partial charge in [-0.25, -0.2) is 4.98 Å². The van der Waals surface area contributed by atoms with Crippen LogP contribution in [0.5, 0.6) is 0 Å². The van der Waals surface area contributed by atoms with Gasteiger partial charge in [0.05, 0.1) is 5.25 Å². The molecule has 0 aliphatic carbocycles. The molecule has 0 bridgehead atoms. The number of rotatable bonds is 5. The minimum Gasteiger partial charge on any atom is -0.293 e. The number of aromatic amines is 1. The highest BCUT2D eigenvalue weighted by atomic mass is 32.2. The van der Waals surface area contributed by atoms with Crippen molar-refractivity contribution >= 4 is 17.5 Å². The van der Waals surface area contributed by atoms with Crippen molar-refractivity contribution in [1.82, 2.24) is 15.2 Å². The third kappa shape index (κ3) is 3.57. The molecule has 0 aliphatic heterocycles. The summed E-state index contributed by atoms with van der Waals surface area (Å²) in [6.07, 6.45) is 0. The van der Waals surface area contributed by atoms with Crippen LogP contribution in [0, 0.1) is 13.8 Å². The Morgan fingerprint density at radius 2 is 1.88 bits per heavy atom. The minimum absolute atomic E-state index is 0.104. The van der Waals surface area contributed by atoms with Crippen molar-refractivity contribution in [3.8, 4) is 11.4 Å². The first kappa shape index (κ1) is 16.5. The van der Waals surface area contributed by atoms with Crippen LogP contribution in [-0.4, -0.2) is 26.2 Å². The number of thioether (sulfide) groups is 1. The van der Waals surface area contributed by atoms with Gasteiger partial charge in [0, 0.05) is 11.1 Å². The maximum atomic E-state index is 12.7. The van der Waals surface area contributed by atoms with Crippen LogP contribution in [0.15, 0.2) is 53.7 Å². The smallest absolute Gasteiger partial charge is 0.209 e. The molecule has 2 aromatic carbocycles. The molecule has 1 atom stereocenters. The van der Waals surface area contributed by atoms with Crippen LogP contribution in [0.25, 0.3) is 11.4 Å². The molecule has 0 unspecified atom stereocenters. The third-order valence-corrected chi connectivity index (χ3v) is 4.78. The van der Waals surface area contributed by atoms with Gasteiger partial charge in [-0.05, 0) is 32.4 Å². The van der Waals surface area contributed by atoms with Gasteiger partial charge in [-0.15, -0.1) is 5.10 Å². The Morgan fingerprint density at radius 3 is 2.62 bits per heavy atom. The zero-order valence-electron chi connectivity index (χ0n) is 13.9. The van der Waals surface area contributed by atoms with Crippen molar-refractivity contribution in [2.24, 2.45) is 0 Å². The van der Waals surface area contributed by atoms with Gasteiger partial charge in [0.15, 0.2) is 11.6 Å². The fraction of sp³-hybridized carbons (Fsp3) is 0.211. The van der Waals surface area contributed by atoms with E-state index in [1.165, 1.54) is 11.8 Å². The van der Waals surface area contributed by atoms with E-state index in [-0.39, 0.29) is 11.0 Å². The van der Waals surface area contributed by atoms with Gasteiger partial charge < -0.3 is 0 Å². The van der Waals surface area contributed by atoms with Crippen molar-refractivity contribution in [3.05, 3.63) is 65.2 Å². The number of carbonyl (C=O) groups excluding carboxylic acids is 1. The Hall–Kier alpha value is -2.40. The fourth-order valence-corrected chi connectivity index (χ4v) is 3.25. The summed E-state index contributed by atoms with van der Waals surface area (Å²) < 4.78 is 0. The molecule has 122 valence electrons. The number of Topliss-reactive ketones (excluding diaryl/α,β-unsaturated/α-hetero) is 1. The number of ketones is 1. The Balaban J connectivity index is 1.75. The largest absolute Gasteiger partial charge is 0.293 e. The van der Waals surface area contributed by atoms with Crippen molar-refractivity contribution in [2.75, 3.05) is 0 Å². The quantitative estimate of drug-likeness (QED) is 0.552. The summed E-state index contributed by atoms with van der Waals surface area (Å²) in [5, 5.41) is 7.49. The van der Waals surface area contributed by atoms with Crippen molar-refractivity contribution in [2.45, 2.75) is 31.2 Å². The summed E-state index contributed by atoms with van der Waals surface area (Å²) in [4.78, 5) is 17.2. The minimum atomic E-state index is -0.245. The van der Waals surface area contributed by atoms with Gasteiger partial charge in [0.1, 0.15) is 0 Å². The lowest BCUT2D eigenvalue weighted by Crippen LogP contribution is -2.15. The molecule has 0 radical (unpaired) electrons. The van der Waals surface area contributed by atoms with E-state index in [0.717, 1.165) is 22.3 Å². The van der Waals surface area contributed by atoms with Crippen LogP contribution in [0.1, 0.15) is 28.4 Å². The molecule has 5 heteroatoms. The summed E-state index contributed by atoms with van der Waals surface area (Å²) in [5.41, 5.74) is 3.84. The molecule has 0 spiro atoms. The van der Waals surface area contributed by atoms with E-state index in [0.29, 0.717) is 11.0 Å². The van der Waals surface area contributed by atoms with Crippen LogP contribution in [0.4, 0.5) is 0 Å². The predicted octanol–water partition coefficient (Wildman–Crippen LogP) is 4.45. The second kappa shape index (κ2) is 7.01. The highest BCUT2D eigenvalue weighted by Crippen LogP contribution is 2.26. The highest BCUT2D eigenvalue weighted by Gasteiger charge is 2.20. The van der Waals surface area contributed by atoms with Gasteiger partial charge >= 0.3 is 0 Å². The Kier molecular flexibility index (Phi) is 4.81. The molecule has 1 aromatic heterocycles. The number of nitrogens with zero attached hydrogens (tertiary/aromatic N) is 2. The molecule has 3 rings (SSSR count). The number of H-pyrrole nitrogens is 1. The number of nitrogens with one attached hydrogen (secondary N) is 1. The lowest BCUT2D eigenvalue weighted by atomic mass is 10.0. The number of hydrogen-bond donors (Lipinski definition) is 1. The van der Waals surface area contributed by atoms with E-state index in [1.54, 1.807) is 0 Å². The second-order valence-corrected chi connectivity index (χ2v) is 7.08. The summed E-state index contributed by atoms with van der Waals surface area (Å²) in [5.74, 6) is 0.816. The summed E-state index contributed by atoms with van der Waals surface area (Å²) in [7, 11) is 0. The normalized spacial score (nSPS) is 12.1. The van der Waals surface area contributed by atoms with Crippen LogP contribution >= 0.6 is 11.8 Å². The van der Waals surface area contributed by atoms with Gasteiger partial charge in [-0.3, -0.25) is 9.89 Å². The van der Waals surface area contributed by atoms with E-state index in [2.05, 4.69) is 15.2 Å². The zero-order chi connectivity index (χ0) is 17.1. The van der Waals surface area contributed by atoms with Crippen molar-refractivity contribution in [1.29, 1.82) is 0 Å². The summed E-state index contributed by atoms with van der Waals surface area (Å²) in [6, 6.07) is 15.8.